The summed E-state index contributed by atoms with van der Waals surface area (Å²) in [5.74, 6) is -9.10. The Balaban J connectivity index is 2.36. The fraction of sp³-hybridized carbons (Fsp3) is 0.605. The third kappa shape index (κ3) is 19.1. The second-order valence-corrected chi connectivity index (χ2v) is 15.7. The molecule has 2 aromatic heterocycles. The molecule has 0 saturated heterocycles. The van der Waals surface area contributed by atoms with E-state index in [-0.39, 0.29) is 43.9 Å². The largest absolute Gasteiger partial charge is 0.481 e. The van der Waals surface area contributed by atoms with E-state index in [0.29, 0.717) is 24.2 Å². The predicted molar refractivity (Wildman–Crippen MR) is 230 cm³/mol. The number of H-pyrrole nitrogens is 2. The number of aliphatic hydroxyl groups is 1. The highest BCUT2D eigenvalue weighted by atomic mass is 32.1. The fourth-order valence-corrected chi connectivity index (χ4v) is 6.13. The van der Waals surface area contributed by atoms with E-state index in [1.54, 1.807) is 13.8 Å². The molecule has 16 N–H and O–H groups in total. The number of imidazole rings is 2. The Morgan fingerprint density at radius 2 is 1.11 bits per heavy atom. The molecule has 0 fully saturated rings. The van der Waals surface area contributed by atoms with Crippen molar-refractivity contribution in [3.63, 3.8) is 0 Å². The van der Waals surface area contributed by atoms with E-state index in [4.69, 9.17) is 11.5 Å². The number of aromatic nitrogens is 4. The molecular formula is C38H61N13O12S. The molecule has 64 heavy (non-hydrogen) atoms. The number of carboxylic acids is 2. The van der Waals surface area contributed by atoms with Crippen molar-refractivity contribution in [1.29, 1.82) is 0 Å². The van der Waals surface area contributed by atoms with E-state index in [9.17, 15) is 58.5 Å². The van der Waals surface area contributed by atoms with Gasteiger partial charge >= 0.3 is 11.9 Å². The van der Waals surface area contributed by atoms with Gasteiger partial charge in [-0.25, -0.2) is 14.8 Å². The molecule has 0 bridgehead atoms. The van der Waals surface area contributed by atoms with Gasteiger partial charge in [0.1, 0.15) is 42.3 Å². The molecule has 0 unspecified atom stereocenters. The molecule has 2 rings (SSSR count). The zero-order valence-electron chi connectivity index (χ0n) is 35.8. The van der Waals surface area contributed by atoms with Crippen LogP contribution in [0.1, 0.15) is 70.7 Å². The molecule has 2 heterocycles. The lowest BCUT2D eigenvalue weighted by molar-refractivity contribution is -0.143. The van der Waals surface area contributed by atoms with Crippen LogP contribution in [0.5, 0.6) is 0 Å². The van der Waals surface area contributed by atoms with Crippen molar-refractivity contribution in [3.8, 4) is 0 Å². The quantitative estimate of drug-likeness (QED) is 0.0260. The zero-order chi connectivity index (χ0) is 47.9. The number of carbonyl (C=O) groups is 9. The van der Waals surface area contributed by atoms with Gasteiger partial charge in [0.2, 0.25) is 41.4 Å². The van der Waals surface area contributed by atoms with Gasteiger partial charge in [-0.2, -0.15) is 12.6 Å². The van der Waals surface area contributed by atoms with Gasteiger partial charge in [-0.05, 0) is 51.5 Å². The molecule has 26 heteroatoms. The fourth-order valence-electron chi connectivity index (χ4n) is 5.96. The van der Waals surface area contributed by atoms with Gasteiger partial charge in [0, 0.05) is 48.8 Å². The Hall–Kier alpha value is -6.12. The molecule has 8 atom stereocenters. The van der Waals surface area contributed by atoms with E-state index < -0.39 is 121 Å². The molecule has 0 radical (unpaired) electrons. The average molecular weight is 924 g/mol. The second kappa shape index (κ2) is 27.8. The number of carbonyl (C=O) groups excluding carboxylic acids is 7. The summed E-state index contributed by atoms with van der Waals surface area (Å²) in [5.41, 5.74) is 11.8. The van der Waals surface area contributed by atoms with Crippen molar-refractivity contribution >= 4 is 65.9 Å². The van der Waals surface area contributed by atoms with Crippen LogP contribution < -0.4 is 48.7 Å². The standard InChI is InChI=1S/C38H61N13O12S/c1-19(2)10-26(48-31(55)20(3)45-32(56)23(40)16-64)34(58)51-29(15-52)37(61)50-28(12-22-14-42-18-44-22)36(60)49-27(11-21-13-41-17-43-21)35(59)46-24(7-8-30(53)54)33(57)47-25(38(62)63)6-4-5-9-39/h13-14,17-20,23-29,52,64H,4-12,15-16,39-40H2,1-3H3,(H,41,43)(H,42,44)(H,45,56)(H,46,59)(H,47,57)(H,48,55)(H,49,60)(H,50,61)(H,51,58)(H,53,54)(H,62,63)/t20-,23-,24-,25-,26-,27-,28-,29-/m0/s1. The van der Waals surface area contributed by atoms with Crippen LogP contribution in [0.4, 0.5) is 0 Å². The smallest absolute Gasteiger partial charge is 0.326 e. The first kappa shape index (κ1) is 54.0. The number of nitrogens with one attached hydrogen (secondary N) is 9. The molecule has 0 aliphatic carbocycles. The summed E-state index contributed by atoms with van der Waals surface area (Å²) < 4.78 is 0. The molecule has 25 nitrogen and oxygen atoms in total. The van der Waals surface area contributed by atoms with E-state index in [0.717, 1.165) is 0 Å². The molecule has 0 saturated carbocycles. The number of nitrogens with two attached hydrogens (primary N) is 2. The number of hydrogen-bond donors (Lipinski definition) is 15. The third-order valence-electron chi connectivity index (χ3n) is 9.51. The summed E-state index contributed by atoms with van der Waals surface area (Å²) >= 11 is 3.97. The first-order valence-corrected chi connectivity index (χ1v) is 21.1. The first-order chi connectivity index (χ1) is 30.3. The Bertz CT molecular complexity index is 1850. The van der Waals surface area contributed by atoms with Crippen LogP contribution in [0.15, 0.2) is 25.0 Å². The van der Waals surface area contributed by atoms with E-state index in [1.807, 2.05) is 0 Å². The van der Waals surface area contributed by atoms with Crippen molar-refractivity contribution in [2.24, 2.45) is 17.4 Å². The van der Waals surface area contributed by atoms with Crippen LogP contribution in [-0.2, 0) is 56.0 Å². The predicted octanol–water partition coefficient (Wildman–Crippen LogP) is -4.29. The Kier molecular flexibility index (Phi) is 23.5. The topological polar surface area (TPSA) is 408 Å². The zero-order valence-corrected chi connectivity index (χ0v) is 36.7. The maximum atomic E-state index is 14.1. The normalized spacial score (nSPS) is 14.9. The van der Waals surface area contributed by atoms with E-state index in [1.165, 1.54) is 32.0 Å². The van der Waals surface area contributed by atoms with Gasteiger partial charge in [0.15, 0.2) is 0 Å². The van der Waals surface area contributed by atoms with Gasteiger partial charge in [-0.15, -0.1) is 0 Å². The minimum absolute atomic E-state index is 0.00303. The number of thiol groups is 1. The van der Waals surface area contributed by atoms with Crippen LogP contribution in [0.25, 0.3) is 0 Å². The summed E-state index contributed by atoms with van der Waals surface area (Å²) in [7, 11) is 0. The molecular weight excluding hydrogens is 863 g/mol. The third-order valence-corrected chi connectivity index (χ3v) is 9.90. The van der Waals surface area contributed by atoms with Crippen LogP contribution in [0.2, 0.25) is 0 Å². The lowest BCUT2D eigenvalue weighted by Crippen LogP contribution is -2.61. The van der Waals surface area contributed by atoms with Crippen LogP contribution in [0, 0.1) is 5.92 Å². The van der Waals surface area contributed by atoms with Crippen molar-refractivity contribution in [1.82, 2.24) is 57.2 Å². The molecule has 2 aromatic rings. The number of aromatic amines is 2. The summed E-state index contributed by atoms with van der Waals surface area (Å²) in [6, 6.07) is -11.0. The summed E-state index contributed by atoms with van der Waals surface area (Å²) in [6.45, 7) is 4.23. The summed E-state index contributed by atoms with van der Waals surface area (Å²) in [5, 5.41) is 46.4. The molecule has 0 aliphatic rings. The Labute approximate surface area is 374 Å². The van der Waals surface area contributed by atoms with Gasteiger partial charge in [0.25, 0.3) is 0 Å². The number of aliphatic hydroxyl groups excluding tert-OH is 1. The molecule has 7 amide bonds. The number of amides is 7. The minimum atomic E-state index is -1.68. The number of unbranched alkanes of at least 4 members (excludes halogenated alkanes) is 1. The highest BCUT2D eigenvalue weighted by molar-refractivity contribution is 7.80. The van der Waals surface area contributed by atoms with Crippen molar-refractivity contribution in [3.05, 3.63) is 36.4 Å². The SMILES string of the molecule is CC(C)C[C@H](NC(=O)[C@H](C)NC(=O)[C@@H](N)CS)C(=O)N[C@@H](CO)C(=O)N[C@@H](Cc1cnc[nH]1)C(=O)N[C@@H](Cc1cnc[nH]1)C(=O)N[C@@H](CCC(=O)O)C(=O)N[C@@H](CCCCN)C(=O)O. The van der Waals surface area contributed by atoms with E-state index in [2.05, 4.69) is 69.8 Å². The van der Waals surface area contributed by atoms with Crippen LogP contribution in [-0.4, -0.2) is 156 Å². The number of nitrogens with zero attached hydrogens (tertiary/aromatic N) is 2. The molecule has 0 spiro atoms. The molecule has 356 valence electrons. The lowest BCUT2D eigenvalue weighted by Gasteiger charge is -2.27. The maximum Gasteiger partial charge on any atom is 0.326 e. The average Bonchev–Trinajstić information content (AvgIpc) is 3.97. The Morgan fingerprint density at radius 3 is 1.56 bits per heavy atom. The number of aliphatic carboxylic acids is 2. The lowest BCUT2D eigenvalue weighted by atomic mass is 10.0. The van der Waals surface area contributed by atoms with Crippen LogP contribution >= 0.6 is 12.6 Å². The number of carboxylic acid groups (broad SMARTS) is 2. The van der Waals surface area contributed by atoms with Crippen molar-refractivity contribution in [2.45, 2.75) is 120 Å². The van der Waals surface area contributed by atoms with Gasteiger partial charge in [0.05, 0.1) is 25.3 Å². The molecule has 0 aliphatic heterocycles. The maximum absolute atomic E-state index is 14.1. The van der Waals surface area contributed by atoms with Crippen molar-refractivity contribution in [2.75, 3.05) is 18.9 Å². The second-order valence-electron chi connectivity index (χ2n) is 15.3. The molecule has 0 aromatic carbocycles. The van der Waals surface area contributed by atoms with Gasteiger partial charge in [-0.1, -0.05) is 13.8 Å². The Morgan fingerprint density at radius 1 is 0.641 bits per heavy atom. The highest BCUT2D eigenvalue weighted by Crippen LogP contribution is 2.10. The van der Waals surface area contributed by atoms with E-state index >= 15 is 0 Å². The highest BCUT2D eigenvalue weighted by Gasteiger charge is 2.35. The monoisotopic (exact) mass is 923 g/mol. The van der Waals surface area contributed by atoms with Crippen LogP contribution in [0.3, 0.4) is 0 Å². The summed E-state index contributed by atoms with van der Waals surface area (Å²) in [4.78, 5) is 131. The summed E-state index contributed by atoms with van der Waals surface area (Å²) in [6.07, 6.45) is 4.62. The van der Waals surface area contributed by atoms with Gasteiger partial charge in [-0.3, -0.25) is 38.4 Å². The van der Waals surface area contributed by atoms with Crippen molar-refractivity contribution < 1.29 is 58.5 Å². The number of rotatable bonds is 30. The number of hydrogen-bond acceptors (Lipinski definition) is 15. The van der Waals surface area contributed by atoms with Gasteiger partial charge < -0.3 is 74.0 Å². The minimum Gasteiger partial charge on any atom is -0.481 e. The first-order valence-electron chi connectivity index (χ1n) is 20.5.